The van der Waals surface area contributed by atoms with Gasteiger partial charge in [0, 0.05) is 33.0 Å². The Kier molecular flexibility index (Phi) is 7.98. The van der Waals surface area contributed by atoms with E-state index >= 15 is 0 Å². The summed E-state index contributed by atoms with van der Waals surface area (Å²) in [5.74, 6) is -0.800. The van der Waals surface area contributed by atoms with Crippen molar-refractivity contribution in [3.05, 3.63) is 145 Å². The highest BCUT2D eigenvalue weighted by Crippen LogP contribution is 2.47. The summed E-state index contributed by atoms with van der Waals surface area (Å²) >= 11 is 0. The number of hydrogen-bond acceptors (Lipinski definition) is 4. The first-order valence-electron chi connectivity index (χ1n) is 18.5. The molecule has 8 heteroatoms. The summed E-state index contributed by atoms with van der Waals surface area (Å²) < 4.78 is 6.38. The Morgan fingerprint density at radius 3 is 1.62 bits per heavy atom. The van der Waals surface area contributed by atoms with E-state index in [2.05, 4.69) is 123 Å². The molecule has 0 spiro atoms. The third-order valence-corrected chi connectivity index (χ3v) is 11.7. The quantitative estimate of drug-likeness (QED) is 0.143. The molecule has 0 aliphatic heterocycles. The lowest BCUT2D eigenvalue weighted by molar-refractivity contribution is 0.383. The van der Waals surface area contributed by atoms with Crippen LogP contribution in [-0.4, -0.2) is 46.7 Å². The highest BCUT2D eigenvalue weighted by atomic mass is 16.3. The van der Waals surface area contributed by atoms with Crippen LogP contribution in [0, 0.1) is 0 Å². The smallest absolute Gasteiger partial charge is 0.161 e. The molecule has 0 atom stereocenters. The fourth-order valence-corrected chi connectivity index (χ4v) is 8.54. The molecule has 0 aliphatic carbocycles. The van der Waals surface area contributed by atoms with Gasteiger partial charge in [-0.15, -0.1) is 10.9 Å². The summed E-state index contributed by atoms with van der Waals surface area (Å²) in [6.45, 7) is 5.54. The van der Waals surface area contributed by atoms with E-state index in [0.29, 0.717) is 16.7 Å². The van der Waals surface area contributed by atoms with E-state index in [1.807, 2.05) is 36.4 Å². The van der Waals surface area contributed by atoms with Gasteiger partial charge in [-0.1, -0.05) is 109 Å². The molecule has 0 bridgehead atoms. The number of fused-ring (bicyclic) bond motifs is 6. The summed E-state index contributed by atoms with van der Waals surface area (Å²) in [7, 11) is 8.49. The second kappa shape index (κ2) is 12.8. The molecule has 0 radical (unpaired) electrons. The summed E-state index contributed by atoms with van der Waals surface area (Å²) in [5, 5.41) is 43.1. The van der Waals surface area contributed by atoms with E-state index in [0.717, 1.165) is 93.2 Å². The van der Waals surface area contributed by atoms with Gasteiger partial charge in [0.2, 0.25) is 0 Å². The normalized spacial score (nSPS) is 12.2. The zero-order valence-corrected chi connectivity index (χ0v) is 31.5. The fourth-order valence-electron chi connectivity index (χ4n) is 8.54. The van der Waals surface area contributed by atoms with Crippen molar-refractivity contribution in [2.45, 2.75) is 6.92 Å². The van der Waals surface area contributed by atoms with Crippen LogP contribution in [-0.2, 0) is 0 Å². The minimum absolute atomic E-state index is 0.212. The molecule has 260 valence electrons. The Labute approximate surface area is 322 Å². The van der Waals surface area contributed by atoms with E-state index in [1.54, 1.807) is 0 Å². The standard InChI is InChI=1S/C47H36B4O4/c1-23(52)37-38(27-14-11-26(12-15-27)31-16-13-25-7-3-4-8-28(25)19-31)40-41(44(49)46(51)45(50)43(40)48)39(42(37)47(54)24(2)53)32-17-18-35-33(21-32)34-20-29-9-5-6-10-30(29)22-36(34)55-35/h3-22,52-54H,1,48-51H2,2H3/b47-24-. The number of allylic oxidation sites excluding steroid dienone is 1. The lowest BCUT2D eigenvalue weighted by Crippen LogP contribution is -2.48. The first kappa shape index (κ1) is 34.3. The zero-order valence-electron chi connectivity index (χ0n) is 31.5. The maximum absolute atomic E-state index is 12.0. The first-order chi connectivity index (χ1) is 26.5. The summed E-state index contributed by atoms with van der Waals surface area (Å²) in [4.78, 5) is 0. The zero-order chi connectivity index (χ0) is 38.3. The van der Waals surface area contributed by atoms with Crippen LogP contribution in [0.1, 0.15) is 18.1 Å². The van der Waals surface area contributed by atoms with Crippen LogP contribution < -0.4 is 21.9 Å². The van der Waals surface area contributed by atoms with Gasteiger partial charge in [0.05, 0.1) is 0 Å². The second-order valence-electron chi connectivity index (χ2n) is 14.8. The van der Waals surface area contributed by atoms with Gasteiger partial charge >= 0.3 is 0 Å². The molecule has 3 N–H and O–H groups in total. The number of aliphatic hydroxyl groups excluding tert-OH is 3. The number of rotatable bonds is 5. The van der Waals surface area contributed by atoms with Gasteiger partial charge in [-0.25, -0.2) is 0 Å². The van der Waals surface area contributed by atoms with Gasteiger partial charge in [-0.3, -0.25) is 0 Å². The summed E-state index contributed by atoms with van der Waals surface area (Å²) in [5.41, 5.74) is 11.9. The number of benzene rings is 8. The summed E-state index contributed by atoms with van der Waals surface area (Å²) in [6, 6.07) is 41.6. The predicted octanol–water partition coefficient (Wildman–Crippen LogP) is 6.41. The number of hydrogen-bond donors (Lipinski definition) is 3. The monoisotopic (exact) mass is 708 g/mol. The van der Waals surface area contributed by atoms with Crippen molar-refractivity contribution in [1.29, 1.82) is 0 Å². The van der Waals surface area contributed by atoms with Crippen molar-refractivity contribution in [1.82, 2.24) is 0 Å². The molecule has 0 fully saturated rings. The van der Waals surface area contributed by atoms with Gasteiger partial charge in [0.25, 0.3) is 0 Å². The largest absolute Gasteiger partial charge is 0.509 e. The third-order valence-electron chi connectivity index (χ3n) is 11.7. The molecule has 1 aromatic heterocycles. The van der Waals surface area contributed by atoms with Crippen LogP contribution >= 0.6 is 0 Å². The SMILES string of the molecule is Bc1c(B)c(B)c2c(-c3ccc4oc5cc6ccccc6cc5c4c3)c(/C(O)=C(\C)O)c(C(=C)O)c(-c3ccc(-c4ccc5ccccc5c4)cc3)c2c1B. The molecule has 0 saturated carbocycles. The van der Waals surface area contributed by atoms with Crippen LogP contribution in [0.2, 0.25) is 0 Å². The maximum Gasteiger partial charge on any atom is 0.161 e. The molecule has 0 unspecified atom stereocenters. The van der Waals surface area contributed by atoms with Crippen LogP contribution in [0.5, 0.6) is 0 Å². The Balaban J connectivity index is 1.38. The second-order valence-corrected chi connectivity index (χ2v) is 14.8. The van der Waals surface area contributed by atoms with Crippen molar-refractivity contribution < 1.29 is 19.7 Å². The average molecular weight is 708 g/mol. The Morgan fingerprint density at radius 2 is 1.00 bits per heavy atom. The third kappa shape index (κ3) is 5.35. The Bertz CT molecular complexity index is 3140. The molecule has 4 nitrogen and oxygen atoms in total. The van der Waals surface area contributed by atoms with Crippen LogP contribution in [0.3, 0.4) is 0 Å². The van der Waals surface area contributed by atoms with Crippen molar-refractivity contribution in [2.75, 3.05) is 0 Å². The van der Waals surface area contributed by atoms with E-state index < -0.39 is 0 Å². The molecular formula is C47H36B4O4. The number of aliphatic hydroxyl groups is 3. The highest BCUT2D eigenvalue weighted by Gasteiger charge is 2.29. The van der Waals surface area contributed by atoms with Crippen LogP contribution in [0.25, 0.3) is 99.2 Å². The lowest BCUT2D eigenvalue weighted by atomic mass is 9.62. The molecular weight excluding hydrogens is 672 g/mol. The van der Waals surface area contributed by atoms with Gasteiger partial charge in [-0.05, 0) is 91.8 Å². The topological polar surface area (TPSA) is 73.8 Å². The number of furan rings is 1. The van der Waals surface area contributed by atoms with E-state index in [-0.39, 0.29) is 17.3 Å². The molecule has 9 aromatic rings. The molecule has 0 aliphatic rings. The molecule has 8 aromatic carbocycles. The van der Waals surface area contributed by atoms with Gasteiger partial charge < -0.3 is 19.7 Å². The Morgan fingerprint density at radius 1 is 0.491 bits per heavy atom. The van der Waals surface area contributed by atoms with E-state index in [4.69, 9.17) is 4.42 Å². The van der Waals surface area contributed by atoms with Crippen LogP contribution in [0.4, 0.5) is 0 Å². The van der Waals surface area contributed by atoms with Crippen molar-refractivity contribution in [2.24, 2.45) is 0 Å². The molecule has 1 heterocycles. The van der Waals surface area contributed by atoms with Crippen molar-refractivity contribution in [3.8, 4) is 33.4 Å². The van der Waals surface area contributed by atoms with E-state index in [1.165, 1.54) is 17.7 Å². The molecule has 9 rings (SSSR count). The minimum Gasteiger partial charge on any atom is -0.509 e. The predicted molar refractivity (Wildman–Crippen MR) is 245 cm³/mol. The molecule has 0 amide bonds. The van der Waals surface area contributed by atoms with Crippen LogP contribution in [0.15, 0.2) is 138 Å². The van der Waals surface area contributed by atoms with E-state index in [9.17, 15) is 15.3 Å². The minimum atomic E-state index is -0.324. The van der Waals surface area contributed by atoms with Gasteiger partial charge in [0.1, 0.15) is 54.1 Å². The Hall–Kier alpha value is -6.52. The highest BCUT2D eigenvalue weighted by molar-refractivity contribution is 6.67. The first-order valence-corrected chi connectivity index (χ1v) is 18.5. The average Bonchev–Trinajstić information content (AvgIpc) is 3.56. The lowest BCUT2D eigenvalue weighted by Gasteiger charge is -2.27. The molecule has 0 saturated heterocycles. The van der Waals surface area contributed by atoms with Crippen molar-refractivity contribution in [3.63, 3.8) is 0 Å². The van der Waals surface area contributed by atoms with Crippen molar-refractivity contribution >= 4 is 119 Å². The van der Waals surface area contributed by atoms with Gasteiger partial charge in [-0.2, -0.15) is 0 Å². The molecule has 55 heavy (non-hydrogen) atoms. The fraction of sp³-hybridized carbons (Fsp3) is 0.0213. The van der Waals surface area contributed by atoms with Gasteiger partial charge in [0.15, 0.2) is 5.76 Å². The maximum atomic E-state index is 12.0. The summed E-state index contributed by atoms with van der Waals surface area (Å²) in [6.07, 6.45) is 0.